The van der Waals surface area contributed by atoms with Crippen LogP contribution in [0.15, 0.2) is 12.2 Å². The molecule has 0 aromatic carbocycles. The van der Waals surface area contributed by atoms with Gasteiger partial charge in [-0.1, -0.05) is 32.9 Å². The van der Waals surface area contributed by atoms with Crippen LogP contribution in [0.5, 0.6) is 0 Å². The number of hydrogen-bond donors (Lipinski definition) is 0. The van der Waals surface area contributed by atoms with E-state index in [0.29, 0.717) is 0 Å². The summed E-state index contributed by atoms with van der Waals surface area (Å²) in [6, 6.07) is 0. The maximum atomic E-state index is 12.0. The van der Waals surface area contributed by atoms with E-state index >= 15 is 0 Å². The molecule has 3 nitrogen and oxygen atoms in total. The third-order valence-corrected chi connectivity index (χ3v) is 3.50. The zero-order chi connectivity index (χ0) is 11.7. The van der Waals surface area contributed by atoms with Crippen molar-refractivity contribution < 1.29 is 14.3 Å². The van der Waals surface area contributed by atoms with Crippen LogP contribution in [-0.4, -0.2) is 18.4 Å². The van der Waals surface area contributed by atoms with Gasteiger partial charge in [0.05, 0.1) is 0 Å². The molecule has 0 aliphatic heterocycles. The summed E-state index contributed by atoms with van der Waals surface area (Å²) >= 11 is 0. The SMILES string of the molecule is CC(=O)OCC(=O)C1(C)CC=CC1(C)C. The number of ether oxygens (including phenoxy) is 1. The summed E-state index contributed by atoms with van der Waals surface area (Å²) < 4.78 is 4.76. The van der Waals surface area contributed by atoms with Crippen LogP contribution in [0.25, 0.3) is 0 Å². The quantitative estimate of drug-likeness (QED) is 0.529. The average molecular weight is 210 g/mol. The minimum Gasteiger partial charge on any atom is -0.458 e. The van der Waals surface area contributed by atoms with E-state index in [0.717, 1.165) is 6.42 Å². The highest BCUT2D eigenvalue weighted by Crippen LogP contribution is 2.48. The average Bonchev–Trinajstić information content (AvgIpc) is 2.38. The molecule has 0 saturated heterocycles. The summed E-state index contributed by atoms with van der Waals surface area (Å²) in [5.41, 5.74) is -0.604. The Morgan fingerprint density at radius 1 is 1.33 bits per heavy atom. The van der Waals surface area contributed by atoms with Crippen molar-refractivity contribution in [2.45, 2.75) is 34.1 Å². The van der Waals surface area contributed by atoms with Gasteiger partial charge in [-0.05, 0) is 11.8 Å². The number of esters is 1. The van der Waals surface area contributed by atoms with E-state index in [-0.39, 0.29) is 17.8 Å². The molecule has 1 rings (SSSR count). The van der Waals surface area contributed by atoms with Crippen LogP contribution >= 0.6 is 0 Å². The predicted molar refractivity (Wildman–Crippen MR) is 57.3 cm³/mol. The standard InChI is InChI=1S/C12H18O3/c1-9(13)15-8-10(14)12(4)7-5-6-11(12,2)3/h5-6H,7-8H2,1-4H3. The third kappa shape index (κ3) is 2.11. The van der Waals surface area contributed by atoms with Crippen LogP contribution in [0.2, 0.25) is 0 Å². The summed E-state index contributed by atoms with van der Waals surface area (Å²) in [4.78, 5) is 22.6. The predicted octanol–water partition coefficient (Wildman–Crippen LogP) is 2.11. The molecule has 0 amide bonds. The normalized spacial score (nSPS) is 27.7. The Morgan fingerprint density at radius 2 is 1.93 bits per heavy atom. The molecule has 0 bridgehead atoms. The van der Waals surface area contributed by atoms with Gasteiger partial charge in [0.25, 0.3) is 0 Å². The van der Waals surface area contributed by atoms with Gasteiger partial charge in [0.15, 0.2) is 12.4 Å². The van der Waals surface area contributed by atoms with Gasteiger partial charge >= 0.3 is 5.97 Å². The van der Waals surface area contributed by atoms with Crippen LogP contribution < -0.4 is 0 Å². The second-order valence-corrected chi connectivity index (χ2v) is 4.86. The second-order valence-electron chi connectivity index (χ2n) is 4.86. The lowest BCUT2D eigenvalue weighted by atomic mass is 9.66. The number of allylic oxidation sites excluding steroid dienone is 2. The summed E-state index contributed by atoms with van der Waals surface area (Å²) in [7, 11) is 0. The molecule has 0 aromatic heterocycles. The molecule has 1 aliphatic rings. The number of carbonyl (C=O) groups is 2. The van der Waals surface area contributed by atoms with Crippen molar-refractivity contribution in [2.75, 3.05) is 6.61 Å². The number of hydrogen-bond acceptors (Lipinski definition) is 3. The number of carbonyl (C=O) groups excluding carboxylic acids is 2. The molecule has 3 heteroatoms. The summed E-state index contributed by atoms with van der Waals surface area (Å²) in [5.74, 6) is -0.414. The summed E-state index contributed by atoms with van der Waals surface area (Å²) in [5, 5.41) is 0. The Labute approximate surface area is 90.5 Å². The van der Waals surface area contributed by atoms with Gasteiger partial charge in [-0.3, -0.25) is 9.59 Å². The third-order valence-electron chi connectivity index (χ3n) is 3.50. The van der Waals surface area contributed by atoms with E-state index in [2.05, 4.69) is 6.08 Å². The highest BCUT2D eigenvalue weighted by Gasteiger charge is 2.47. The molecular formula is C12H18O3. The van der Waals surface area contributed by atoms with Crippen molar-refractivity contribution in [3.8, 4) is 0 Å². The van der Waals surface area contributed by atoms with Crippen molar-refractivity contribution >= 4 is 11.8 Å². The van der Waals surface area contributed by atoms with Gasteiger partial charge in [0.2, 0.25) is 0 Å². The first-order valence-electron chi connectivity index (χ1n) is 5.14. The molecule has 0 aromatic rings. The van der Waals surface area contributed by atoms with E-state index < -0.39 is 11.4 Å². The fraction of sp³-hybridized carbons (Fsp3) is 0.667. The van der Waals surface area contributed by atoms with E-state index in [4.69, 9.17) is 4.74 Å². The smallest absolute Gasteiger partial charge is 0.303 e. The number of ketones is 1. The van der Waals surface area contributed by atoms with Crippen molar-refractivity contribution in [2.24, 2.45) is 10.8 Å². The molecule has 0 saturated carbocycles. The Balaban J connectivity index is 2.71. The van der Waals surface area contributed by atoms with Gasteiger partial charge < -0.3 is 4.74 Å². The maximum absolute atomic E-state index is 12.0. The fourth-order valence-electron chi connectivity index (χ4n) is 1.84. The Morgan fingerprint density at radius 3 is 2.33 bits per heavy atom. The summed E-state index contributed by atoms with van der Waals surface area (Å²) in [6.45, 7) is 7.19. The zero-order valence-electron chi connectivity index (χ0n) is 9.79. The molecule has 0 radical (unpaired) electrons. The highest BCUT2D eigenvalue weighted by molar-refractivity contribution is 5.88. The fourth-order valence-corrected chi connectivity index (χ4v) is 1.84. The first-order chi connectivity index (χ1) is 6.79. The Kier molecular flexibility index (Phi) is 3.03. The van der Waals surface area contributed by atoms with Crippen LogP contribution in [0.1, 0.15) is 34.1 Å². The lowest BCUT2D eigenvalue weighted by molar-refractivity contribution is -0.150. The monoisotopic (exact) mass is 210 g/mol. The molecule has 1 atom stereocenters. The molecule has 0 heterocycles. The molecule has 0 fully saturated rings. The molecular weight excluding hydrogens is 192 g/mol. The Bertz CT molecular complexity index is 315. The minimum atomic E-state index is -0.442. The molecule has 1 unspecified atom stereocenters. The topological polar surface area (TPSA) is 43.4 Å². The summed E-state index contributed by atoms with van der Waals surface area (Å²) in [6.07, 6.45) is 4.80. The lowest BCUT2D eigenvalue weighted by Gasteiger charge is -2.36. The maximum Gasteiger partial charge on any atom is 0.303 e. The van der Waals surface area contributed by atoms with Crippen molar-refractivity contribution in [3.05, 3.63) is 12.2 Å². The van der Waals surface area contributed by atoms with Gasteiger partial charge in [-0.2, -0.15) is 0 Å². The molecule has 1 aliphatic carbocycles. The molecule has 0 spiro atoms. The van der Waals surface area contributed by atoms with Crippen LogP contribution in [0, 0.1) is 10.8 Å². The van der Waals surface area contributed by atoms with E-state index in [1.807, 2.05) is 26.8 Å². The highest BCUT2D eigenvalue weighted by atomic mass is 16.5. The van der Waals surface area contributed by atoms with Crippen LogP contribution in [0.4, 0.5) is 0 Å². The largest absolute Gasteiger partial charge is 0.458 e. The van der Waals surface area contributed by atoms with Crippen molar-refractivity contribution in [1.29, 1.82) is 0 Å². The zero-order valence-corrected chi connectivity index (χ0v) is 9.79. The van der Waals surface area contributed by atoms with E-state index in [1.54, 1.807) is 0 Å². The minimum absolute atomic E-state index is 0.00676. The Hall–Kier alpha value is -1.12. The molecule has 84 valence electrons. The van der Waals surface area contributed by atoms with Gasteiger partial charge in [-0.25, -0.2) is 0 Å². The molecule has 0 N–H and O–H groups in total. The number of Topliss-reactive ketones (excluding diaryl/α,β-unsaturated/α-hetero) is 1. The first-order valence-corrected chi connectivity index (χ1v) is 5.14. The van der Waals surface area contributed by atoms with Gasteiger partial charge in [0.1, 0.15) is 0 Å². The van der Waals surface area contributed by atoms with Gasteiger partial charge in [-0.15, -0.1) is 0 Å². The van der Waals surface area contributed by atoms with Gasteiger partial charge in [0, 0.05) is 12.3 Å². The van der Waals surface area contributed by atoms with E-state index in [1.165, 1.54) is 6.92 Å². The lowest BCUT2D eigenvalue weighted by Crippen LogP contribution is -2.40. The first kappa shape index (κ1) is 12.0. The van der Waals surface area contributed by atoms with Crippen molar-refractivity contribution in [3.63, 3.8) is 0 Å². The van der Waals surface area contributed by atoms with Crippen molar-refractivity contribution in [1.82, 2.24) is 0 Å². The van der Waals surface area contributed by atoms with Crippen LogP contribution in [-0.2, 0) is 14.3 Å². The second kappa shape index (κ2) is 3.80. The van der Waals surface area contributed by atoms with E-state index in [9.17, 15) is 9.59 Å². The molecule has 15 heavy (non-hydrogen) atoms. The van der Waals surface area contributed by atoms with Crippen LogP contribution in [0.3, 0.4) is 0 Å². The number of rotatable bonds is 3.